The third-order valence-electron chi connectivity index (χ3n) is 4.50. The molecule has 0 saturated heterocycles. The number of aryl methyl sites for hydroxylation is 1. The molecular formula is C18H25N3. The van der Waals surface area contributed by atoms with Crippen LogP contribution in [-0.2, 0) is 13.0 Å². The van der Waals surface area contributed by atoms with Gasteiger partial charge in [-0.3, -0.25) is 0 Å². The summed E-state index contributed by atoms with van der Waals surface area (Å²) < 4.78 is 2.26. The zero-order chi connectivity index (χ0) is 14.7. The van der Waals surface area contributed by atoms with Crippen LogP contribution in [0.5, 0.6) is 0 Å². The number of hydrogen-bond donors (Lipinski definition) is 1. The maximum absolute atomic E-state index is 6.41. The van der Waals surface area contributed by atoms with Gasteiger partial charge >= 0.3 is 0 Å². The average molecular weight is 283 g/mol. The molecular weight excluding hydrogens is 258 g/mol. The topological polar surface area (TPSA) is 43.8 Å². The summed E-state index contributed by atoms with van der Waals surface area (Å²) in [5, 5.41) is 0. The second-order valence-corrected chi connectivity index (χ2v) is 6.11. The Morgan fingerprint density at radius 3 is 2.57 bits per heavy atom. The highest BCUT2D eigenvalue weighted by atomic mass is 15.1. The third kappa shape index (κ3) is 2.97. The van der Waals surface area contributed by atoms with Crippen molar-refractivity contribution in [3.05, 3.63) is 47.4 Å². The zero-order valence-corrected chi connectivity index (χ0v) is 12.9. The van der Waals surface area contributed by atoms with Crippen molar-refractivity contribution in [3.63, 3.8) is 0 Å². The largest absolute Gasteiger partial charge is 0.384 e. The van der Waals surface area contributed by atoms with Crippen molar-refractivity contribution < 1.29 is 0 Å². The standard InChI is InChI=1S/C18H25N3/c1-2-8-16-17(19)21(13-14-9-4-3-5-10-14)18(20-16)15-11-6-7-12-15/h3-5,9-10,15H,2,6-8,11-13,19H2,1H3. The SMILES string of the molecule is CCCc1nc(C2CCCC2)n(Cc2ccccc2)c1N. The molecule has 2 N–H and O–H groups in total. The first kappa shape index (κ1) is 14.2. The van der Waals surface area contributed by atoms with Gasteiger partial charge in [-0.1, -0.05) is 56.5 Å². The van der Waals surface area contributed by atoms with Crippen LogP contribution in [0.25, 0.3) is 0 Å². The molecule has 1 aliphatic rings. The van der Waals surface area contributed by atoms with E-state index in [1.54, 1.807) is 0 Å². The number of aromatic nitrogens is 2. The molecule has 3 heteroatoms. The molecule has 0 aliphatic heterocycles. The Hall–Kier alpha value is -1.77. The van der Waals surface area contributed by atoms with E-state index in [9.17, 15) is 0 Å². The minimum atomic E-state index is 0.599. The maximum Gasteiger partial charge on any atom is 0.127 e. The first-order valence-electron chi connectivity index (χ1n) is 8.18. The predicted octanol–water partition coefficient (Wildman–Crippen LogP) is 4.12. The Kier molecular flexibility index (Phi) is 4.28. The highest BCUT2D eigenvalue weighted by Gasteiger charge is 2.25. The Bertz CT molecular complexity index is 580. The molecule has 21 heavy (non-hydrogen) atoms. The van der Waals surface area contributed by atoms with Gasteiger partial charge in [0.2, 0.25) is 0 Å². The van der Waals surface area contributed by atoms with E-state index < -0.39 is 0 Å². The van der Waals surface area contributed by atoms with E-state index in [1.807, 2.05) is 0 Å². The molecule has 0 radical (unpaired) electrons. The average Bonchev–Trinajstić information content (AvgIpc) is 3.12. The summed E-state index contributed by atoms with van der Waals surface area (Å²) in [6.45, 7) is 3.03. The van der Waals surface area contributed by atoms with E-state index in [4.69, 9.17) is 10.7 Å². The minimum Gasteiger partial charge on any atom is -0.384 e. The molecule has 2 aromatic rings. The molecule has 1 aliphatic carbocycles. The van der Waals surface area contributed by atoms with Gasteiger partial charge in [0.25, 0.3) is 0 Å². The van der Waals surface area contributed by atoms with Gasteiger partial charge in [0.05, 0.1) is 12.2 Å². The quantitative estimate of drug-likeness (QED) is 0.897. The fraction of sp³-hybridized carbons (Fsp3) is 0.500. The number of anilines is 1. The van der Waals surface area contributed by atoms with Gasteiger partial charge < -0.3 is 10.3 Å². The van der Waals surface area contributed by atoms with Gasteiger partial charge in [-0.2, -0.15) is 0 Å². The van der Waals surface area contributed by atoms with Crippen LogP contribution in [0.4, 0.5) is 5.82 Å². The van der Waals surface area contributed by atoms with Gasteiger partial charge in [0.15, 0.2) is 0 Å². The number of nitrogen functional groups attached to an aromatic ring is 1. The lowest BCUT2D eigenvalue weighted by molar-refractivity contribution is 0.613. The highest BCUT2D eigenvalue weighted by Crippen LogP contribution is 2.35. The van der Waals surface area contributed by atoms with E-state index in [2.05, 4.69) is 41.8 Å². The Labute approximate surface area is 127 Å². The second-order valence-electron chi connectivity index (χ2n) is 6.11. The van der Waals surface area contributed by atoms with E-state index in [0.717, 1.165) is 30.9 Å². The number of imidazole rings is 1. The van der Waals surface area contributed by atoms with Gasteiger partial charge in [-0.05, 0) is 24.8 Å². The van der Waals surface area contributed by atoms with Crippen LogP contribution >= 0.6 is 0 Å². The van der Waals surface area contributed by atoms with Crippen LogP contribution in [-0.4, -0.2) is 9.55 Å². The number of nitrogens with zero attached hydrogens (tertiary/aromatic N) is 2. The number of nitrogens with two attached hydrogens (primary N) is 1. The molecule has 1 saturated carbocycles. The molecule has 0 spiro atoms. The third-order valence-corrected chi connectivity index (χ3v) is 4.50. The van der Waals surface area contributed by atoms with Gasteiger partial charge in [0, 0.05) is 5.92 Å². The maximum atomic E-state index is 6.41. The molecule has 0 amide bonds. The Balaban J connectivity index is 1.95. The van der Waals surface area contributed by atoms with Crippen molar-refractivity contribution in [2.24, 2.45) is 0 Å². The van der Waals surface area contributed by atoms with E-state index >= 15 is 0 Å². The van der Waals surface area contributed by atoms with Crippen molar-refractivity contribution in [2.45, 2.75) is 57.9 Å². The van der Waals surface area contributed by atoms with Crippen molar-refractivity contribution in [1.29, 1.82) is 0 Å². The van der Waals surface area contributed by atoms with Crippen LogP contribution in [0.15, 0.2) is 30.3 Å². The minimum absolute atomic E-state index is 0.599. The first-order valence-corrected chi connectivity index (χ1v) is 8.18. The lowest BCUT2D eigenvalue weighted by Crippen LogP contribution is -2.11. The molecule has 1 aromatic heterocycles. The number of hydrogen-bond acceptors (Lipinski definition) is 2. The fourth-order valence-corrected chi connectivity index (χ4v) is 3.38. The van der Waals surface area contributed by atoms with Crippen LogP contribution in [0, 0.1) is 0 Å². The van der Waals surface area contributed by atoms with E-state index in [1.165, 1.54) is 37.1 Å². The summed E-state index contributed by atoms with van der Waals surface area (Å²) in [4.78, 5) is 4.92. The van der Waals surface area contributed by atoms with E-state index in [-0.39, 0.29) is 0 Å². The summed E-state index contributed by atoms with van der Waals surface area (Å²) >= 11 is 0. The fourth-order valence-electron chi connectivity index (χ4n) is 3.38. The predicted molar refractivity (Wildman–Crippen MR) is 87.4 cm³/mol. The molecule has 1 aromatic carbocycles. The summed E-state index contributed by atoms with van der Waals surface area (Å²) in [6, 6.07) is 10.6. The summed E-state index contributed by atoms with van der Waals surface area (Å²) in [6.07, 6.45) is 7.25. The molecule has 3 nitrogen and oxygen atoms in total. The first-order chi connectivity index (χ1) is 10.3. The highest BCUT2D eigenvalue weighted by molar-refractivity contribution is 5.40. The lowest BCUT2D eigenvalue weighted by Gasteiger charge is -2.14. The van der Waals surface area contributed by atoms with Crippen molar-refractivity contribution in [2.75, 3.05) is 5.73 Å². The van der Waals surface area contributed by atoms with Crippen molar-refractivity contribution in [1.82, 2.24) is 9.55 Å². The number of rotatable bonds is 5. The van der Waals surface area contributed by atoms with Crippen LogP contribution in [0.3, 0.4) is 0 Å². The lowest BCUT2D eigenvalue weighted by atomic mass is 10.1. The Morgan fingerprint density at radius 2 is 1.90 bits per heavy atom. The second kappa shape index (κ2) is 6.33. The summed E-state index contributed by atoms with van der Waals surface area (Å²) in [7, 11) is 0. The zero-order valence-electron chi connectivity index (χ0n) is 12.9. The Morgan fingerprint density at radius 1 is 1.19 bits per heavy atom. The number of benzene rings is 1. The van der Waals surface area contributed by atoms with Crippen LogP contribution in [0.1, 0.15) is 62.0 Å². The molecule has 0 unspecified atom stereocenters. The molecule has 1 fully saturated rings. The monoisotopic (exact) mass is 283 g/mol. The summed E-state index contributed by atoms with van der Waals surface area (Å²) in [5.74, 6) is 2.70. The van der Waals surface area contributed by atoms with E-state index in [0.29, 0.717) is 5.92 Å². The smallest absolute Gasteiger partial charge is 0.127 e. The molecule has 112 valence electrons. The van der Waals surface area contributed by atoms with Gasteiger partial charge in [-0.25, -0.2) is 4.98 Å². The summed E-state index contributed by atoms with van der Waals surface area (Å²) in [5.41, 5.74) is 8.79. The molecule has 0 atom stereocenters. The van der Waals surface area contributed by atoms with Gasteiger partial charge in [0.1, 0.15) is 11.6 Å². The van der Waals surface area contributed by atoms with Crippen molar-refractivity contribution in [3.8, 4) is 0 Å². The normalized spacial score (nSPS) is 15.7. The van der Waals surface area contributed by atoms with Crippen LogP contribution < -0.4 is 5.73 Å². The molecule has 0 bridgehead atoms. The molecule has 1 heterocycles. The van der Waals surface area contributed by atoms with Crippen molar-refractivity contribution >= 4 is 5.82 Å². The molecule has 3 rings (SSSR count). The van der Waals surface area contributed by atoms with Gasteiger partial charge in [-0.15, -0.1) is 0 Å². The van der Waals surface area contributed by atoms with Crippen LogP contribution in [0.2, 0.25) is 0 Å².